The molecule has 1 aliphatic heterocycles. The van der Waals surface area contributed by atoms with Gasteiger partial charge in [0.1, 0.15) is 0 Å². The maximum Gasteiger partial charge on any atom is 0.319 e. The fourth-order valence-corrected chi connectivity index (χ4v) is 2.09. The molecule has 4 nitrogen and oxygen atoms in total. The van der Waals surface area contributed by atoms with Crippen molar-refractivity contribution >= 4 is 6.03 Å². The summed E-state index contributed by atoms with van der Waals surface area (Å²) in [6.07, 6.45) is 3.46. The van der Waals surface area contributed by atoms with Crippen LogP contribution in [0.5, 0.6) is 0 Å². The normalized spacial score (nSPS) is 19.8. The van der Waals surface area contributed by atoms with Crippen LogP contribution >= 0.6 is 0 Å². The van der Waals surface area contributed by atoms with E-state index in [4.69, 9.17) is 0 Å². The van der Waals surface area contributed by atoms with Crippen molar-refractivity contribution in [2.24, 2.45) is 0 Å². The summed E-state index contributed by atoms with van der Waals surface area (Å²) >= 11 is 0. The van der Waals surface area contributed by atoms with Crippen molar-refractivity contribution < 1.29 is 4.79 Å². The van der Waals surface area contributed by atoms with Gasteiger partial charge in [-0.05, 0) is 32.7 Å². The second-order valence-corrected chi connectivity index (χ2v) is 4.54. The Hall–Kier alpha value is -0.770. The van der Waals surface area contributed by atoms with Gasteiger partial charge in [-0.25, -0.2) is 4.79 Å². The van der Waals surface area contributed by atoms with Gasteiger partial charge >= 0.3 is 6.03 Å². The van der Waals surface area contributed by atoms with E-state index in [1.165, 1.54) is 12.8 Å². The van der Waals surface area contributed by atoms with Crippen LogP contribution in [0.1, 0.15) is 33.1 Å². The first-order valence-corrected chi connectivity index (χ1v) is 6.42. The molecular weight excluding hydrogens is 202 g/mol. The van der Waals surface area contributed by atoms with Crippen molar-refractivity contribution in [3.8, 4) is 0 Å². The minimum absolute atomic E-state index is 0.165. The van der Waals surface area contributed by atoms with E-state index in [1.54, 1.807) is 4.90 Å². The number of nitrogens with one attached hydrogen (secondary N) is 1. The van der Waals surface area contributed by atoms with E-state index in [9.17, 15) is 4.79 Å². The maximum absolute atomic E-state index is 12.1. The molecule has 2 amide bonds. The van der Waals surface area contributed by atoms with E-state index in [0.29, 0.717) is 6.04 Å². The number of carbonyl (C=O) groups excluding carboxylic acids is 1. The largest absolute Gasteiger partial charge is 0.328 e. The van der Waals surface area contributed by atoms with E-state index < -0.39 is 0 Å². The molecule has 1 unspecified atom stereocenters. The summed E-state index contributed by atoms with van der Waals surface area (Å²) < 4.78 is 0. The highest BCUT2D eigenvalue weighted by Crippen LogP contribution is 2.09. The molecule has 0 aliphatic carbocycles. The second kappa shape index (κ2) is 6.74. The summed E-state index contributed by atoms with van der Waals surface area (Å²) in [6, 6.07) is 0.666. The number of urea groups is 1. The average Bonchev–Trinajstić information content (AvgIpc) is 2.79. The lowest BCUT2D eigenvalue weighted by Gasteiger charge is -2.29. The molecule has 1 atom stereocenters. The Bertz CT molecular complexity index is 214. The first-order valence-electron chi connectivity index (χ1n) is 6.42. The molecule has 1 heterocycles. The third-order valence-electron chi connectivity index (χ3n) is 3.17. The van der Waals surface area contributed by atoms with Gasteiger partial charge in [-0.15, -0.1) is 0 Å². The van der Waals surface area contributed by atoms with E-state index in [-0.39, 0.29) is 6.03 Å². The van der Waals surface area contributed by atoms with Crippen molar-refractivity contribution in [3.63, 3.8) is 0 Å². The molecule has 0 aromatic rings. The monoisotopic (exact) mass is 227 g/mol. The molecule has 0 aromatic carbocycles. The van der Waals surface area contributed by atoms with Gasteiger partial charge in [0.25, 0.3) is 0 Å². The fraction of sp³-hybridized carbons (Fsp3) is 0.917. The highest BCUT2D eigenvalue weighted by molar-refractivity contribution is 5.74. The molecule has 0 aromatic heterocycles. The molecule has 1 N–H and O–H groups in total. The van der Waals surface area contributed by atoms with E-state index in [1.807, 2.05) is 18.9 Å². The van der Waals surface area contributed by atoms with Gasteiger partial charge in [-0.2, -0.15) is 0 Å². The van der Waals surface area contributed by atoms with Crippen molar-refractivity contribution in [2.75, 3.05) is 33.2 Å². The molecule has 1 aliphatic rings. The van der Waals surface area contributed by atoms with Gasteiger partial charge in [0.15, 0.2) is 0 Å². The molecule has 4 heteroatoms. The maximum atomic E-state index is 12.1. The summed E-state index contributed by atoms with van der Waals surface area (Å²) in [5.74, 6) is 0. The van der Waals surface area contributed by atoms with Gasteiger partial charge in [0.05, 0.1) is 0 Å². The molecule has 0 saturated carbocycles. The summed E-state index contributed by atoms with van der Waals surface area (Å²) in [4.78, 5) is 15.8. The smallest absolute Gasteiger partial charge is 0.319 e. The first kappa shape index (κ1) is 13.3. The molecule has 1 fully saturated rings. The molecule has 1 saturated heterocycles. The average molecular weight is 227 g/mol. The summed E-state index contributed by atoms with van der Waals surface area (Å²) in [5, 5.41) is 3.44. The molecule has 1 rings (SSSR count). The molecule has 94 valence electrons. The van der Waals surface area contributed by atoms with Crippen LogP contribution in [0.3, 0.4) is 0 Å². The van der Waals surface area contributed by atoms with Crippen LogP contribution in [0.15, 0.2) is 0 Å². The Morgan fingerprint density at radius 2 is 2.19 bits per heavy atom. The number of nitrogens with zero attached hydrogens (tertiary/aromatic N) is 2. The summed E-state index contributed by atoms with van der Waals surface area (Å²) in [6.45, 7) is 7.72. The number of rotatable bonds is 5. The second-order valence-electron chi connectivity index (χ2n) is 4.54. The van der Waals surface area contributed by atoms with Crippen molar-refractivity contribution in [1.29, 1.82) is 0 Å². The third kappa shape index (κ3) is 3.67. The highest BCUT2D eigenvalue weighted by Gasteiger charge is 2.22. The zero-order valence-corrected chi connectivity index (χ0v) is 10.8. The van der Waals surface area contributed by atoms with E-state index in [0.717, 1.165) is 32.6 Å². The van der Waals surface area contributed by atoms with Gasteiger partial charge < -0.3 is 15.1 Å². The lowest BCUT2D eigenvalue weighted by atomic mass is 10.2. The minimum atomic E-state index is 0.165. The van der Waals surface area contributed by atoms with Gasteiger partial charge in [0, 0.05) is 32.7 Å². The van der Waals surface area contributed by atoms with Crippen LogP contribution in [-0.2, 0) is 0 Å². The number of hydrogen-bond donors (Lipinski definition) is 1. The third-order valence-corrected chi connectivity index (χ3v) is 3.17. The van der Waals surface area contributed by atoms with Crippen LogP contribution in [0.2, 0.25) is 0 Å². The number of hydrogen-bond acceptors (Lipinski definition) is 2. The number of amides is 2. The SMILES string of the molecule is CCCN(CC1CCCN1)C(=O)N(C)CC. The van der Waals surface area contributed by atoms with E-state index in [2.05, 4.69) is 12.2 Å². The summed E-state index contributed by atoms with van der Waals surface area (Å²) in [5.41, 5.74) is 0. The first-order chi connectivity index (χ1) is 7.69. The van der Waals surface area contributed by atoms with Crippen LogP contribution in [0.25, 0.3) is 0 Å². The molecule has 0 radical (unpaired) electrons. The zero-order valence-electron chi connectivity index (χ0n) is 10.8. The Labute approximate surface area is 99.0 Å². The van der Waals surface area contributed by atoms with E-state index >= 15 is 0 Å². The zero-order chi connectivity index (χ0) is 12.0. The number of carbonyl (C=O) groups is 1. The molecular formula is C12H25N3O. The van der Waals surface area contributed by atoms with Crippen molar-refractivity contribution in [1.82, 2.24) is 15.1 Å². The van der Waals surface area contributed by atoms with Crippen molar-refractivity contribution in [3.05, 3.63) is 0 Å². The van der Waals surface area contributed by atoms with Crippen molar-refractivity contribution in [2.45, 2.75) is 39.2 Å². The molecule has 16 heavy (non-hydrogen) atoms. The highest BCUT2D eigenvalue weighted by atomic mass is 16.2. The quantitative estimate of drug-likeness (QED) is 0.773. The van der Waals surface area contributed by atoms with Crippen LogP contribution < -0.4 is 5.32 Å². The predicted molar refractivity (Wildman–Crippen MR) is 66.6 cm³/mol. The van der Waals surface area contributed by atoms with Crippen LogP contribution in [0, 0.1) is 0 Å². The van der Waals surface area contributed by atoms with Crippen LogP contribution in [0.4, 0.5) is 4.79 Å². The predicted octanol–water partition coefficient (Wildman–Crippen LogP) is 1.52. The minimum Gasteiger partial charge on any atom is -0.328 e. The standard InChI is InChI=1S/C12H25N3O/c1-4-9-15(12(16)14(3)5-2)10-11-7-6-8-13-11/h11,13H,4-10H2,1-3H3. The Balaban J connectivity index is 2.48. The summed E-state index contributed by atoms with van der Waals surface area (Å²) in [7, 11) is 1.87. The van der Waals surface area contributed by atoms with Crippen LogP contribution in [-0.4, -0.2) is 55.1 Å². The van der Waals surface area contributed by atoms with Gasteiger partial charge in [0.2, 0.25) is 0 Å². The lowest BCUT2D eigenvalue weighted by molar-refractivity contribution is 0.160. The Morgan fingerprint density at radius 1 is 1.44 bits per heavy atom. The Morgan fingerprint density at radius 3 is 2.69 bits per heavy atom. The van der Waals surface area contributed by atoms with Gasteiger partial charge in [-0.1, -0.05) is 6.92 Å². The van der Waals surface area contributed by atoms with Gasteiger partial charge in [-0.3, -0.25) is 0 Å². The fourth-order valence-electron chi connectivity index (χ4n) is 2.09. The molecule has 0 bridgehead atoms. The topological polar surface area (TPSA) is 35.6 Å². The lowest BCUT2D eigenvalue weighted by Crippen LogP contribution is -2.46. The Kier molecular flexibility index (Phi) is 5.60. The molecule has 0 spiro atoms.